The first-order valence-corrected chi connectivity index (χ1v) is 11.9. The molecule has 194 valence electrons. The van der Waals surface area contributed by atoms with E-state index in [-0.39, 0.29) is 19.1 Å². The second-order valence-electron chi connectivity index (χ2n) is 10.7. The number of aliphatic hydroxyl groups excluding tert-OH is 1. The van der Waals surface area contributed by atoms with Gasteiger partial charge in [0.05, 0.1) is 24.7 Å². The number of carbonyl (C=O) groups excluding carboxylic acids is 3. The first kappa shape index (κ1) is 26.9. The highest BCUT2D eigenvalue weighted by atomic mass is 16.6. The monoisotopic (exact) mass is 491 g/mol. The fourth-order valence-corrected chi connectivity index (χ4v) is 4.10. The average Bonchev–Trinajstić information content (AvgIpc) is 3.63. The fraction of sp³-hybridized carbons (Fsp3) is 0.680. The summed E-state index contributed by atoms with van der Waals surface area (Å²) in [6, 6.07) is 3.55. The zero-order chi connectivity index (χ0) is 26.1. The number of ether oxygens (including phenoxy) is 3. The van der Waals surface area contributed by atoms with Crippen LogP contribution < -0.4 is 4.90 Å². The van der Waals surface area contributed by atoms with Crippen LogP contribution in [0.15, 0.2) is 18.3 Å². The van der Waals surface area contributed by atoms with E-state index < -0.39 is 47.1 Å². The second-order valence-corrected chi connectivity index (χ2v) is 10.7. The SMILES string of the molecule is COC(=O)[C@@H]1CN(C(=O)OC(C)(C)C)C[C@H](C(=O)N(c2ccc(C(C)(C)OC)cn2)C2CC2)[C@@H]1O. The molecule has 1 N–H and O–H groups in total. The van der Waals surface area contributed by atoms with E-state index in [0.717, 1.165) is 18.4 Å². The van der Waals surface area contributed by atoms with Gasteiger partial charge in [-0.3, -0.25) is 14.5 Å². The third-order valence-electron chi connectivity index (χ3n) is 6.48. The Labute approximate surface area is 206 Å². The maximum absolute atomic E-state index is 13.8. The summed E-state index contributed by atoms with van der Waals surface area (Å²) in [6.07, 6.45) is 1.30. The van der Waals surface area contributed by atoms with E-state index in [1.807, 2.05) is 19.9 Å². The van der Waals surface area contributed by atoms with E-state index in [4.69, 9.17) is 14.2 Å². The van der Waals surface area contributed by atoms with Gasteiger partial charge in [-0.05, 0) is 53.5 Å². The van der Waals surface area contributed by atoms with Crippen LogP contribution >= 0.6 is 0 Å². The molecule has 0 aromatic carbocycles. The van der Waals surface area contributed by atoms with Crippen LogP contribution in [0, 0.1) is 11.8 Å². The Hall–Kier alpha value is -2.72. The van der Waals surface area contributed by atoms with Crippen molar-refractivity contribution in [3.8, 4) is 0 Å². The lowest BCUT2D eigenvalue weighted by Crippen LogP contribution is -2.59. The first-order valence-electron chi connectivity index (χ1n) is 11.9. The molecule has 2 fully saturated rings. The number of pyridine rings is 1. The first-order chi connectivity index (χ1) is 16.3. The van der Waals surface area contributed by atoms with Crippen molar-refractivity contribution in [2.75, 3.05) is 32.2 Å². The highest BCUT2D eigenvalue weighted by Gasteiger charge is 2.49. The topological polar surface area (TPSA) is 118 Å². The summed E-state index contributed by atoms with van der Waals surface area (Å²) in [4.78, 5) is 46.4. The van der Waals surface area contributed by atoms with Crippen LogP contribution in [0.25, 0.3) is 0 Å². The smallest absolute Gasteiger partial charge is 0.410 e. The van der Waals surface area contributed by atoms with E-state index in [9.17, 15) is 19.5 Å². The van der Waals surface area contributed by atoms with Gasteiger partial charge in [0.2, 0.25) is 5.91 Å². The van der Waals surface area contributed by atoms with Crippen molar-refractivity contribution in [1.82, 2.24) is 9.88 Å². The third kappa shape index (κ3) is 6.10. The average molecular weight is 492 g/mol. The summed E-state index contributed by atoms with van der Waals surface area (Å²) in [5.74, 6) is -2.75. The molecule has 0 bridgehead atoms. The Morgan fingerprint density at radius 2 is 1.69 bits per heavy atom. The molecular formula is C25H37N3O7. The van der Waals surface area contributed by atoms with Crippen LogP contribution in [0.3, 0.4) is 0 Å². The van der Waals surface area contributed by atoms with Gasteiger partial charge in [-0.15, -0.1) is 0 Å². The summed E-state index contributed by atoms with van der Waals surface area (Å²) < 4.78 is 15.8. The maximum Gasteiger partial charge on any atom is 0.410 e. The van der Waals surface area contributed by atoms with Gasteiger partial charge in [0, 0.05) is 38.0 Å². The van der Waals surface area contributed by atoms with Crippen LogP contribution in [-0.4, -0.2) is 78.0 Å². The maximum atomic E-state index is 13.8. The Morgan fingerprint density at radius 1 is 1.06 bits per heavy atom. The lowest BCUT2D eigenvalue weighted by atomic mass is 9.85. The summed E-state index contributed by atoms with van der Waals surface area (Å²) in [5.41, 5.74) is -0.442. The normalized spacial score (nSPS) is 23.0. The van der Waals surface area contributed by atoms with Crippen LogP contribution in [0.2, 0.25) is 0 Å². The van der Waals surface area contributed by atoms with Crippen molar-refractivity contribution in [2.24, 2.45) is 11.8 Å². The number of hydrogen-bond acceptors (Lipinski definition) is 8. The summed E-state index contributed by atoms with van der Waals surface area (Å²) in [7, 11) is 2.83. The highest BCUT2D eigenvalue weighted by Crippen LogP contribution is 2.35. The number of carbonyl (C=O) groups is 3. The van der Waals surface area contributed by atoms with Crippen LogP contribution in [-0.2, 0) is 29.4 Å². The quantitative estimate of drug-likeness (QED) is 0.603. The van der Waals surface area contributed by atoms with Gasteiger partial charge in [-0.2, -0.15) is 0 Å². The molecule has 0 spiro atoms. The van der Waals surface area contributed by atoms with E-state index in [1.165, 1.54) is 12.0 Å². The number of amides is 2. The van der Waals surface area contributed by atoms with E-state index in [0.29, 0.717) is 5.82 Å². The molecule has 1 aromatic rings. The minimum absolute atomic E-state index is 0.0584. The molecule has 2 aliphatic rings. The number of esters is 1. The molecule has 0 unspecified atom stereocenters. The van der Waals surface area contributed by atoms with E-state index in [2.05, 4.69) is 4.98 Å². The zero-order valence-electron chi connectivity index (χ0n) is 21.6. The number of aromatic nitrogens is 1. The number of methoxy groups -OCH3 is 2. The molecule has 0 radical (unpaired) electrons. The number of hydrogen-bond donors (Lipinski definition) is 1. The van der Waals surface area contributed by atoms with Gasteiger partial charge in [0.15, 0.2) is 0 Å². The van der Waals surface area contributed by atoms with Crippen molar-refractivity contribution in [2.45, 2.75) is 70.8 Å². The van der Waals surface area contributed by atoms with Crippen molar-refractivity contribution in [1.29, 1.82) is 0 Å². The van der Waals surface area contributed by atoms with Gasteiger partial charge in [0.1, 0.15) is 17.3 Å². The number of aliphatic hydroxyl groups is 1. The number of likely N-dealkylation sites (tertiary alicyclic amines) is 1. The Bertz CT molecular complexity index is 937. The lowest BCUT2D eigenvalue weighted by Gasteiger charge is -2.41. The number of piperidine rings is 1. The fourth-order valence-electron chi connectivity index (χ4n) is 4.10. The Morgan fingerprint density at radius 3 is 2.17 bits per heavy atom. The van der Waals surface area contributed by atoms with Crippen LogP contribution in [0.4, 0.5) is 10.6 Å². The molecule has 10 nitrogen and oxygen atoms in total. The molecule has 1 aliphatic heterocycles. The van der Waals surface area contributed by atoms with Crippen LogP contribution in [0.5, 0.6) is 0 Å². The molecule has 1 aliphatic carbocycles. The molecule has 10 heteroatoms. The summed E-state index contributed by atoms with van der Waals surface area (Å²) in [6.45, 7) is 8.86. The van der Waals surface area contributed by atoms with Gasteiger partial charge >= 0.3 is 12.1 Å². The molecule has 1 aromatic heterocycles. The predicted molar refractivity (Wildman–Crippen MR) is 128 cm³/mol. The number of nitrogens with zero attached hydrogens (tertiary/aromatic N) is 3. The van der Waals surface area contributed by atoms with E-state index >= 15 is 0 Å². The molecule has 35 heavy (non-hydrogen) atoms. The standard InChI is InChI=1S/C25H37N3O7/c1-24(2,3)35-23(32)27-13-17(20(29)18(14-27)22(31)33-6)21(30)28(16-9-10-16)19-11-8-15(12-26-19)25(4,5)34-7/h8,11-12,16-18,20,29H,9-10,13-14H2,1-7H3/t17-,18+,20-/m0/s1. The van der Waals surface area contributed by atoms with Gasteiger partial charge < -0.3 is 24.2 Å². The highest BCUT2D eigenvalue weighted by molar-refractivity contribution is 5.96. The van der Waals surface area contributed by atoms with Crippen molar-refractivity contribution in [3.05, 3.63) is 23.9 Å². The molecule has 1 saturated carbocycles. The van der Waals surface area contributed by atoms with E-state index in [1.54, 1.807) is 45.0 Å². The second kappa shape index (κ2) is 10.1. The Kier molecular flexibility index (Phi) is 7.76. The molecule has 2 amide bonds. The Balaban J connectivity index is 1.90. The largest absolute Gasteiger partial charge is 0.469 e. The van der Waals surface area contributed by atoms with Crippen LogP contribution in [0.1, 0.15) is 53.0 Å². The zero-order valence-corrected chi connectivity index (χ0v) is 21.6. The predicted octanol–water partition coefficient (Wildman–Crippen LogP) is 2.48. The molecule has 3 rings (SSSR count). The third-order valence-corrected chi connectivity index (χ3v) is 6.48. The van der Waals surface area contributed by atoms with Crippen molar-refractivity contribution >= 4 is 23.8 Å². The molecular weight excluding hydrogens is 454 g/mol. The molecule has 1 saturated heterocycles. The minimum Gasteiger partial charge on any atom is -0.469 e. The number of anilines is 1. The minimum atomic E-state index is -1.32. The summed E-state index contributed by atoms with van der Waals surface area (Å²) >= 11 is 0. The summed E-state index contributed by atoms with van der Waals surface area (Å²) in [5, 5.41) is 11.0. The van der Waals surface area contributed by atoms with Crippen molar-refractivity contribution in [3.63, 3.8) is 0 Å². The lowest BCUT2D eigenvalue weighted by molar-refractivity contribution is -0.156. The van der Waals surface area contributed by atoms with Crippen molar-refractivity contribution < 1.29 is 33.7 Å². The number of rotatable bonds is 6. The van der Waals surface area contributed by atoms with Gasteiger partial charge in [-0.1, -0.05) is 6.07 Å². The molecule has 2 heterocycles. The van der Waals surface area contributed by atoms with Gasteiger partial charge in [-0.25, -0.2) is 9.78 Å². The molecule has 3 atom stereocenters. The van der Waals surface area contributed by atoms with Gasteiger partial charge in [0.25, 0.3) is 0 Å².